The van der Waals surface area contributed by atoms with Gasteiger partial charge in [0.15, 0.2) is 0 Å². The predicted octanol–water partition coefficient (Wildman–Crippen LogP) is 1.62. The van der Waals surface area contributed by atoms with Crippen LogP contribution < -0.4 is 4.90 Å². The molecule has 2 fully saturated rings. The van der Waals surface area contributed by atoms with Gasteiger partial charge in [-0.1, -0.05) is 37.3 Å². The number of para-hydroxylation sites is 1. The molecule has 3 heterocycles. The molecule has 1 N–H and O–H groups in total. The first-order valence-corrected chi connectivity index (χ1v) is 7.56. The number of benzene rings is 1. The molecule has 3 aliphatic heterocycles. The van der Waals surface area contributed by atoms with Crippen molar-refractivity contribution in [2.75, 3.05) is 11.4 Å². The van der Waals surface area contributed by atoms with Crippen molar-refractivity contribution in [3.63, 3.8) is 0 Å². The Balaban J connectivity index is 1.77. The number of carbonyl (C=O) groups excluding carboxylic acids is 1. The summed E-state index contributed by atoms with van der Waals surface area (Å²) in [4.78, 5) is 26.2. The number of ether oxygens (including phenoxy) is 1. The summed E-state index contributed by atoms with van der Waals surface area (Å²) in [6.45, 7) is 2.44. The molecule has 22 heavy (non-hydrogen) atoms. The highest BCUT2D eigenvalue weighted by atomic mass is 16.5. The van der Waals surface area contributed by atoms with E-state index in [0.717, 1.165) is 17.7 Å². The zero-order chi connectivity index (χ0) is 15.5. The van der Waals surface area contributed by atoms with Crippen LogP contribution in [0.4, 0.5) is 5.69 Å². The van der Waals surface area contributed by atoms with Crippen molar-refractivity contribution in [2.45, 2.75) is 25.0 Å². The van der Waals surface area contributed by atoms with Crippen LogP contribution in [0, 0.1) is 11.8 Å². The van der Waals surface area contributed by atoms with Crippen LogP contribution in [0.5, 0.6) is 0 Å². The van der Waals surface area contributed by atoms with Crippen LogP contribution in [0.2, 0.25) is 0 Å². The topological polar surface area (TPSA) is 66.8 Å². The van der Waals surface area contributed by atoms with E-state index >= 15 is 0 Å². The molecule has 5 nitrogen and oxygen atoms in total. The fourth-order valence-corrected chi connectivity index (χ4v) is 4.06. The van der Waals surface area contributed by atoms with Gasteiger partial charge in [-0.15, -0.1) is 0 Å². The number of nitrogens with zero attached hydrogens (tertiary/aromatic N) is 1. The van der Waals surface area contributed by atoms with E-state index in [1.165, 1.54) is 0 Å². The van der Waals surface area contributed by atoms with E-state index in [4.69, 9.17) is 4.74 Å². The maximum absolute atomic E-state index is 12.9. The van der Waals surface area contributed by atoms with E-state index in [-0.39, 0.29) is 5.91 Å². The maximum atomic E-state index is 12.9. The first kappa shape index (κ1) is 13.5. The second kappa shape index (κ2) is 4.43. The minimum atomic E-state index is -0.958. The molecular weight excluding hydrogens is 282 g/mol. The van der Waals surface area contributed by atoms with E-state index in [0.29, 0.717) is 6.54 Å². The number of carbonyl (C=O) groups is 2. The number of anilines is 1. The number of hydrogen-bond acceptors (Lipinski definition) is 3. The zero-order valence-electron chi connectivity index (χ0n) is 12.2. The molecule has 2 saturated heterocycles. The molecule has 5 heteroatoms. The number of aliphatic carboxylic acids is 1. The third-order valence-corrected chi connectivity index (χ3v) is 5.05. The standard InChI is InChI=1S/C17H17NO4/c1-2-10-5-3-4-6-11(10)18-9-17-8-7-12(22-17)13(16(20)21)14(17)15(18)19/h3-8,12-14H,2,9H2,1H3,(H,20,21)/t12-,13-,14+,17-/m0/s1. The summed E-state index contributed by atoms with van der Waals surface area (Å²) >= 11 is 0. The van der Waals surface area contributed by atoms with E-state index < -0.39 is 29.5 Å². The Bertz CT molecular complexity index is 698. The molecule has 1 spiro atoms. The zero-order valence-corrected chi connectivity index (χ0v) is 12.2. The molecule has 0 unspecified atom stereocenters. The number of rotatable bonds is 3. The van der Waals surface area contributed by atoms with Crippen molar-refractivity contribution < 1.29 is 19.4 Å². The van der Waals surface area contributed by atoms with Gasteiger partial charge in [0.1, 0.15) is 11.5 Å². The lowest BCUT2D eigenvalue weighted by Gasteiger charge is -2.23. The number of carboxylic acids is 1. The van der Waals surface area contributed by atoms with Gasteiger partial charge in [0, 0.05) is 5.69 Å². The van der Waals surface area contributed by atoms with Gasteiger partial charge in [0.25, 0.3) is 0 Å². The van der Waals surface area contributed by atoms with Gasteiger partial charge in [0.2, 0.25) is 5.91 Å². The van der Waals surface area contributed by atoms with Crippen LogP contribution in [0.25, 0.3) is 0 Å². The maximum Gasteiger partial charge on any atom is 0.310 e. The van der Waals surface area contributed by atoms with Crippen molar-refractivity contribution >= 4 is 17.6 Å². The van der Waals surface area contributed by atoms with Gasteiger partial charge in [-0.3, -0.25) is 9.59 Å². The fraction of sp³-hybridized carbons (Fsp3) is 0.412. The number of carboxylic acid groups (broad SMARTS) is 1. The average Bonchev–Trinajstić information content (AvgIpc) is 3.15. The van der Waals surface area contributed by atoms with Crippen LogP contribution in [-0.2, 0) is 20.7 Å². The highest BCUT2D eigenvalue weighted by Crippen LogP contribution is 2.52. The molecular formula is C17H17NO4. The van der Waals surface area contributed by atoms with Crippen molar-refractivity contribution in [1.29, 1.82) is 0 Å². The van der Waals surface area contributed by atoms with E-state index in [1.807, 2.05) is 37.3 Å². The molecule has 0 saturated carbocycles. The molecule has 0 aromatic heterocycles. The lowest BCUT2D eigenvalue weighted by atomic mass is 9.77. The molecule has 4 atom stereocenters. The van der Waals surface area contributed by atoms with Gasteiger partial charge in [-0.25, -0.2) is 0 Å². The third kappa shape index (κ3) is 1.57. The van der Waals surface area contributed by atoms with E-state index in [1.54, 1.807) is 11.0 Å². The number of fused-ring (bicyclic) bond motifs is 1. The second-order valence-corrected chi connectivity index (χ2v) is 6.14. The summed E-state index contributed by atoms with van der Waals surface area (Å²) in [5.41, 5.74) is 1.17. The van der Waals surface area contributed by atoms with Crippen molar-refractivity contribution in [1.82, 2.24) is 0 Å². The summed E-state index contributed by atoms with van der Waals surface area (Å²) in [6.07, 6.45) is 4.01. The molecule has 0 aliphatic carbocycles. The van der Waals surface area contributed by atoms with Crippen LogP contribution in [0.3, 0.4) is 0 Å². The normalized spacial score (nSPS) is 35.2. The molecule has 114 valence electrons. The predicted molar refractivity (Wildman–Crippen MR) is 79.5 cm³/mol. The van der Waals surface area contributed by atoms with E-state index in [9.17, 15) is 14.7 Å². The monoisotopic (exact) mass is 299 g/mol. The van der Waals surface area contributed by atoms with Gasteiger partial charge < -0.3 is 14.7 Å². The average molecular weight is 299 g/mol. The highest BCUT2D eigenvalue weighted by Gasteiger charge is 2.67. The van der Waals surface area contributed by atoms with Gasteiger partial charge in [-0.2, -0.15) is 0 Å². The summed E-state index contributed by atoms with van der Waals surface area (Å²) < 4.78 is 5.90. The lowest BCUT2D eigenvalue weighted by molar-refractivity contribution is -0.146. The van der Waals surface area contributed by atoms with Crippen molar-refractivity contribution in [3.8, 4) is 0 Å². The van der Waals surface area contributed by atoms with Gasteiger partial charge in [0.05, 0.1) is 18.6 Å². The van der Waals surface area contributed by atoms with Crippen molar-refractivity contribution in [3.05, 3.63) is 42.0 Å². The Kier molecular flexibility index (Phi) is 2.72. The highest BCUT2D eigenvalue weighted by molar-refractivity contribution is 6.03. The molecule has 1 aromatic rings. The van der Waals surface area contributed by atoms with Gasteiger partial charge >= 0.3 is 5.97 Å². The van der Waals surface area contributed by atoms with Crippen LogP contribution in [-0.4, -0.2) is 35.2 Å². The quantitative estimate of drug-likeness (QED) is 0.861. The molecule has 1 aromatic carbocycles. The molecule has 0 radical (unpaired) electrons. The first-order chi connectivity index (χ1) is 10.6. The molecule has 1 amide bonds. The largest absolute Gasteiger partial charge is 0.481 e. The lowest BCUT2D eigenvalue weighted by Crippen LogP contribution is -2.39. The van der Waals surface area contributed by atoms with Crippen LogP contribution >= 0.6 is 0 Å². The SMILES string of the molecule is CCc1ccccc1N1C[C@]23C=C[C@H](O2)[C@H](C(=O)O)[C@@H]3C1=O. The summed E-state index contributed by atoms with van der Waals surface area (Å²) in [7, 11) is 0. The minimum Gasteiger partial charge on any atom is -0.481 e. The van der Waals surface area contributed by atoms with Crippen LogP contribution in [0.1, 0.15) is 12.5 Å². The van der Waals surface area contributed by atoms with Gasteiger partial charge in [-0.05, 0) is 18.1 Å². The summed E-state index contributed by atoms with van der Waals surface area (Å²) in [5, 5.41) is 9.47. The van der Waals surface area contributed by atoms with E-state index in [2.05, 4.69) is 0 Å². The molecule has 3 aliphatic rings. The second-order valence-electron chi connectivity index (χ2n) is 6.14. The Morgan fingerprint density at radius 3 is 2.95 bits per heavy atom. The molecule has 2 bridgehead atoms. The summed E-state index contributed by atoms with van der Waals surface area (Å²) in [5.74, 6) is -2.50. The first-order valence-electron chi connectivity index (χ1n) is 7.56. The minimum absolute atomic E-state index is 0.139. The van der Waals surface area contributed by atoms with Crippen molar-refractivity contribution in [2.24, 2.45) is 11.8 Å². The Morgan fingerprint density at radius 1 is 1.45 bits per heavy atom. The Morgan fingerprint density at radius 2 is 2.23 bits per heavy atom. The smallest absolute Gasteiger partial charge is 0.310 e. The number of aryl methyl sites for hydroxylation is 1. The third-order valence-electron chi connectivity index (χ3n) is 5.05. The summed E-state index contributed by atoms with van der Waals surface area (Å²) in [6, 6.07) is 7.76. The Hall–Kier alpha value is -2.14. The Labute approximate surface area is 128 Å². The van der Waals surface area contributed by atoms with Crippen LogP contribution in [0.15, 0.2) is 36.4 Å². The number of amides is 1. The number of hydrogen-bond donors (Lipinski definition) is 1. The fourth-order valence-electron chi connectivity index (χ4n) is 4.06. The molecule has 4 rings (SSSR count).